The summed E-state index contributed by atoms with van der Waals surface area (Å²) in [5.41, 5.74) is 3.15. The lowest BCUT2D eigenvalue weighted by Gasteiger charge is -2.09. The number of ether oxygens (including phenoxy) is 1. The van der Waals surface area contributed by atoms with Crippen molar-refractivity contribution in [2.75, 3.05) is 11.9 Å². The van der Waals surface area contributed by atoms with E-state index in [9.17, 15) is 4.79 Å². The second kappa shape index (κ2) is 6.19. The van der Waals surface area contributed by atoms with Gasteiger partial charge in [0.1, 0.15) is 11.6 Å². The largest absolute Gasteiger partial charge is 0.484 e. The molecule has 0 aliphatic rings. The number of carbonyl (C=O) groups excluding carboxylic acids is 1. The molecule has 0 saturated heterocycles. The predicted molar refractivity (Wildman–Crippen MR) is 79.0 cm³/mol. The summed E-state index contributed by atoms with van der Waals surface area (Å²) in [7, 11) is 0. The van der Waals surface area contributed by atoms with Crippen molar-refractivity contribution in [1.29, 1.82) is 0 Å². The third kappa shape index (κ3) is 3.82. The highest BCUT2D eigenvalue weighted by molar-refractivity contribution is 5.91. The van der Waals surface area contributed by atoms with E-state index in [0.29, 0.717) is 11.6 Å². The van der Waals surface area contributed by atoms with Crippen LogP contribution in [0.25, 0.3) is 0 Å². The summed E-state index contributed by atoms with van der Waals surface area (Å²) < 4.78 is 5.50. The van der Waals surface area contributed by atoms with Gasteiger partial charge >= 0.3 is 0 Å². The second-order valence-corrected chi connectivity index (χ2v) is 4.83. The molecule has 1 heterocycles. The van der Waals surface area contributed by atoms with Crippen LogP contribution >= 0.6 is 0 Å². The third-order valence-electron chi connectivity index (χ3n) is 2.83. The number of nitrogens with zero attached hydrogens (tertiary/aromatic N) is 1. The summed E-state index contributed by atoms with van der Waals surface area (Å²) in [6.45, 7) is 5.86. The van der Waals surface area contributed by atoms with Crippen LogP contribution in [-0.2, 0) is 4.79 Å². The number of benzene rings is 1. The highest BCUT2D eigenvalue weighted by Gasteiger charge is 2.06. The monoisotopic (exact) mass is 270 g/mol. The van der Waals surface area contributed by atoms with Crippen LogP contribution in [0.4, 0.5) is 5.82 Å². The zero-order valence-electron chi connectivity index (χ0n) is 11.9. The minimum Gasteiger partial charge on any atom is -0.484 e. The number of hydrogen-bond acceptors (Lipinski definition) is 3. The maximum atomic E-state index is 11.8. The van der Waals surface area contributed by atoms with Crippen LogP contribution in [0.2, 0.25) is 0 Å². The molecule has 104 valence electrons. The number of carbonyl (C=O) groups is 1. The molecule has 20 heavy (non-hydrogen) atoms. The molecule has 0 radical (unpaired) electrons. The van der Waals surface area contributed by atoms with E-state index in [-0.39, 0.29) is 12.5 Å². The number of rotatable bonds is 4. The van der Waals surface area contributed by atoms with Crippen molar-refractivity contribution in [3.63, 3.8) is 0 Å². The first kappa shape index (κ1) is 14.1. The van der Waals surface area contributed by atoms with E-state index < -0.39 is 0 Å². The normalized spacial score (nSPS) is 10.2. The molecule has 0 aliphatic heterocycles. The molecule has 2 rings (SSSR count). The Morgan fingerprint density at radius 3 is 2.55 bits per heavy atom. The lowest BCUT2D eigenvalue weighted by Crippen LogP contribution is -2.21. The smallest absolute Gasteiger partial charge is 0.263 e. The van der Waals surface area contributed by atoms with Crippen molar-refractivity contribution in [2.24, 2.45) is 0 Å². The van der Waals surface area contributed by atoms with Crippen molar-refractivity contribution < 1.29 is 9.53 Å². The Balaban J connectivity index is 1.94. The first-order chi connectivity index (χ1) is 9.54. The molecule has 0 bridgehead atoms. The molecule has 4 nitrogen and oxygen atoms in total. The summed E-state index contributed by atoms with van der Waals surface area (Å²) in [5.74, 6) is 1.06. The van der Waals surface area contributed by atoms with Gasteiger partial charge in [0, 0.05) is 6.20 Å². The average molecular weight is 270 g/mol. The van der Waals surface area contributed by atoms with Gasteiger partial charge in [-0.1, -0.05) is 12.1 Å². The van der Waals surface area contributed by atoms with Crippen LogP contribution < -0.4 is 10.1 Å². The Hall–Kier alpha value is -2.36. The van der Waals surface area contributed by atoms with Crippen LogP contribution in [0.3, 0.4) is 0 Å². The van der Waals surface area contributed by atoms with Crippen LogP contribution in [0.5, 0.6) is 5.75 Å². The highest BCUT2D eigenvalue weighted by Crippen LogP contribution is 2.16. The highest BCUT2D eigenvalue weighted by atomic mass is 16.5. The number of hydrogen-bond donors (Lipinski definition) is 1. The standard InChI is InChI=1S/C16H18N2O2/c1-11-7-12(2)9-14(8-11)20-10-15(19)18-16-13(3)5-4-6-17-16/h4-9H,10H2,1-3H3,(H,17,18,19). The zero-order chi connectivity index (χ0) is 14.5. The van der Waals surface area contributed by atoms with E-state index in [0.717, 1.165) is 16.7 Å². The maximum Gasteiger partial charge on any atom is 0.263 e. The lowest BCUT2D eigenvalue weighted by molar-refractivity contribution is -0.118. The Morgan fingerprint density at radius 1 is 1.20 bits per heavy atom. The molecule has 1 N–H and O–H groups in total. The van der Waals surface area contributed by atoms with E-state index >= 15 is 0 Å². The van der Waals surface area contributed by atoms with E-state index in [1.807, 2.05) is 45.0 Å². The van der Waals surface area contributed by atoms with Gasteiger partial charge in [-0.15, -0.1) is 0 Å². The summed E-state index contributed by atoms with van der Waals surface area (Å²) in [6, 6.07) is 9.60. The second-order valence-electron chi connectivity index (χ2n) is 4.83. The molecule has 0 unspecified atom stereocenters. The van der Waals surface area contributed by atoms with Crippen LogP contribution in [0, 0.1) is 20.8 Å². The summed E-state index contributed by atoms with van der Waals surface area (Å²) >= 11 is 0. The first-order valence-corrected chi connectivity index (χ1v) is 6.47. The number of anilines is 1. The number of nitrogens with one attached hydrogen (secondary N) is 1. The third-order valence-corrected chi connectivity index (χ3v) is 2.83. The molecule has 4 heteroatoms. The van der Waals surface area contributed by atoms with Crippen molar-refractivity contribution in [3.05, 3.63) is 53.2 Å². The summed E-state index contributed by atoms with van der Waals surface area (Å²) in [4.78, 5) is 15.9. The van der Waals surface area contributed by atoms with Gasteiger partial charge in [0.05, 0.1) is 0 Å². The fourth-order valence-electron chi connectivity index (χ4n) is 1.95. The molecule has 0 saturated carbocycles. The fourth-order valence-corrected chi connectivity index (χ4v) is 1.95. The van der Waals surface area contributed by atoms with Gasteiger partial charge in [-0.25, -0.2) is 4.98 Å². The van der Waals surface area contributed by atoms with E-state index in [2.05, 4.69) is 16.4 Å². The first-order valence-electron chi connectivity index (χ1n) is 6.47. The molecule has 0 spiro atoms. The van der Waals surface area contributed by atoms with Crippen molar-refractivity contribution in [3.8, 4) is 5.75 Å². The SMILES string of the molecule is Cc1cc(C)cc(OCC(=O)Nc2ncccc2C)c1. The molecule has 1 aromatic carbocycles. The quantitative estimate of drug-likeness (QED) is 0.929. The van der Waals surface area contributed by atoms with Crippen LogP contribution in [0.1, 0.15) is 16.7 Å². The molecule has 1 aromatic heterocycles. The van der Waals surface area contributed by atoms with Crippen LogP contribution in [-0.4, -0.2) is 17.5 Å². The molecule has 0 fully saturated rings. The minimum atomic E-state index is -0.217. The Labute approximate surface area is 118 Å². The molecule has 1 amide bonds. The summed E-state index contributed by atoms with van der Waals surface area (Å²) in [6.07, 6.45) is 1.65. The van der Waals surface area contributed by atoms with E-state index in [1.165, 1.54) is 0 Å². The molecule has 2 aromatic rings. The van der Waals surface area contributed by atoms with Crippen molar-refractivity contribution in [2.45, 2.75) is 20.8 Å². The molecular formula is C16H18N2O2. The van der Waals surface area contributed by atoms with Gasteiger partial charge in [0.2, 0.25) is 0 Å². The van der Waals surface area contributed by atoms with E-state index in [1.54, 1.807) is 6.20 Å². The topological polar surface area (TPSA) is 51.2 Å². The number of pyridine rings is 1. The molecule has 0 aliphatic carbocycles. The van der Waals surface area contributed by atoms with Crippen molar-refractivity contribution >= 4 is 11.7 Å². The number of aromatic nitrogens is 1. The van der Waals surface area contributed by atoms with Gasteiger partial charge in [0.25, 0.3) is 5.91 Å². The number of amides is 1. The number of aryl methyl sites for hydroxylation is 3. The Kier molecular flexibility index (Phi) is 4.35. The van der Waals surface area contributed by atoms with Crippen LogP contribution in [0.15, 0.2) is 36.5 Å². The van der Waals surface area contributed by atoms with Gasteiger partial charge in [-0.3, -0.25) is 4.79 Å². The zero-order valence-corrected chi connectivity index (χ0v) is 11.9. The maximum absolute atomic E-state index is 11.8. The lowest BCUT2D eigenvalue weighted by atomic mass is 10.1. The molecular weight excluding hydrogens is 252 g/mol. The van der Waals surface area contributed by atoms with Gasteiger partial charge in [-0.2, -0.15) is 0 Å². The Bertz CT molecular complexity index is 603. The summed E-state index contributed by atoms with van der Waals surface area (Å²) in [5, 5.41) is 2.73. The predicted octanol–water partition coefficient (Wildman–Crippen LogP) is 3.02. The van der Waals surface area contributed by atoms with Crippen molar-refractivity contribution in [1.82, 2.24) is 4.98 Å². The van der Waals surface area contributed by atoms with Gasteiger partial charge in [0.15, 0.2) is 6.61 Å². The molecule has 0 atom stereocenters. The van der Waals surface area contributed by atoms with Gasteiger partial charge < -0.3 is 10.1 Å². The van der Waals surface area contributed by atoms with Gasteiger partial charge in [-0.05, 0) is 55.7 Å². The fraction of sp³-hybridized carbons (Fsp3) is 0.250. The Morgan fingerprint density at radius 2 is 1.90 bits per heavy atom. The average Bonchev–Trinajstić information content (AvgIpc) is 2.38. The minimum absolute atomic E-state index is 0.0289. The van der Waals surface area contributed by atoms with E-state index in [4.69, 9.17) is 4.74 Å².